The van der Waals surface area contributed by atoms with Crippen LogP contribution in [0.4, 0.5) is 0 Å². The van der Waals surface area contributed by atoms with Gasteiger partial charge in [-0.3, -0.25) is 4.98 Å². The highest BCUT2D eigenvalue weighted by Crippen LogP contribution is 2.24. The largest absolute Gasteiger partial charge is 0.478 e. The molecule has 76 valence electrons. The molecule has 0 saturated carbocycles. The van der Waals surface area contributed by atoms with Crippen LogP contribution in [0.5, 0.6) is 0 Å². The summed E-state index contributed by atoms with van der Waals surface area (Å²) in [7, 11) is 0. The first kappa shape index (κ1) is 11.0. The van der Waals surface area contributed by atoms with Gasteiger partial charge in [0.15, 0.2) is 0 Å². The first-order valence-electron chi connectivity index (χ1n) is 4.21. The van der Waals surface area contributed by atoms with E-state index in [0.717, 1.165) is 5.69 Å². The van der Waals surface area contributed by atoms with E-state index in [4.69, 9.17) is 16.7 Å². The zero-order valence-electron chi connectivity index (χ0n) is 8.34. The second-order valence-electron chi connectivity index (χ2n) is 4.10. The summed E-state index contributed by atoms with van der Waals surface area (Å²) in [6.45, 7) is 5.98. The van der Waals surface area contributed by atoms with Gasteiger partial charge in [-0.15, -0.1) is 0 Å². The van der Waals surface area contributed by atoms with Gasteiger partial charge in [0, 0.05) is 17.3 Å². The monoisotopic (exact) mass is 213 g/mol. The number of carboxylic acids is 1. The lowest BCUT2D eigenvalue weighted by Gasteiger charge is -2.17. The zero-order valence-corrected chi connectivity index (χ0v) is 9.09. The molecular weight excluding hydrogens is 202 g/mol. The number of rotatable bonds is 1. The van der Waals surface area contributed by atoms with Crippen LogP contribution in [0.3, 0.4) is 0 Å². The third-order valence-electron chi connectivity index (χ3n) is 1.85. The van der Waals surface area contributed by atoms with Crippen LogP contribution in [0.2, 0.25) is 5.02 Å². The van der Waals surface area contributed by atoms with Crippen molar-refractivity contribution in [2.45, 2.75) is 26.2 Å². The second kappa shape index (κ2) is 3.58. The fraction of sp³-hybridized carbons (Fsp3) is 0.400. The molecule has 1 rings (SSSR count). The van der Waals surface area contributed by atoms with Crippen LogP contribution in [0.15, 0.2) is 12.3 Å². The molecule has 0 spiro atoms. The Morgan fingerprint density at radius 2 is 2.07 bits per heavy atom. The van der Waals surface area contributed by atoms with E-state index in [1.165, 1.54) is 6.20 Å². The van der Waals surface area contributed by atoms with E-state index >= 15 is 0 Å². The van der Waals surface area contributed by atoms with Crippen molar-refractivity contribution in [1.29, 1.82) is 0 Å². The molecule has 0 unspecified atom stereocenters. The normalized spacial score (nSPS) is 11.4. The number of hydrogen-bond donors (Lipinski definition) is 1. The average molecular weight is 214 g/mol. The molecule has 0 bridgehead atoms. The summed E-state index contributed by atoms with van der Waals surface area (Å²) >= 11 is 5.81. The fourth-order valence-electron chi connectivity index (χ4n) is 0.998. The maximum absolute atomic E-state index is 10.7. The smallest absolute Gasteiger partial charge is 0.338 e. The van der Waals surface area contributed by atoms with Crippen LogP contribution in [-0.4, -0.2) is 16.1 Å². The molecule has 0 saturated heterocycles. The van der Waals surface area contributed by atoms with Gasteiger partial charge in [0.1, 0.15) is 0 Å². The molecule has 0 radical (unpaired) electrons. The minimum Gasteiger partial charge on any atom is -0.478 e. The summed E-state index contributed by atoms with van der Waals surface area (Å²) in [4.78, 5) is 14.7. The van der Waals surface area contributed by atoms with Crippen LogP contribution < -0.4 is 0 Å². The molecule has 0 amide bonds. The summed E-state index contributed by atoms with van der Waals surface area (Å²) in [5.41, 5.74) is 0.702. The predicted molar refractivity (Wildman–Crippen MR) is 54.9 cm³/mol. The Morgan fingerprint density at radius 3 is 2.43 bits per heavy atom. The molecule has 14 heavy (non-hydrogen) atoms. The number of carboxylic acid groups (broad SMARTS) is 1. The quantitative estimate of drug-likeness (QED) is 0.781. The van der Waals surface area contributed by atoms with Crippen molar-refractivity contribution in [3.63, 3.8) is 0 Å². The van der Waals surface area contributed by atoms with Crippen molar-refractivity contribution in [3.8, 4) is 0 Å². The number of hydrogen-bond acceptors (Lipinski definition) is 2. The molecule has 0 aliphatic heterocycles. The summed E-state index contributed by atoms with van der Waals surface area (Å²) in [5, 5.41) is 8.97. The molecule has 0 aliphatic carbocycles. The highest BCUT2D eigenvalue weighted by molar-refractivity contribution is 6.33. The van der Waals surface area contributed by atoms with Gasteiger partial charge >= 0.3 is 5.97 Å². The van der Waals surface area contributed by atoms with Gasteiger partial charge in [-0.05, 0) is 6.07 Å². The van der Waals surface area contributed by atoms with Crippen LogP contribution in [0.25, 0.3) is 0 Å². The number of carbonyl (C=O) groups is 1. The Balaban J connectivity index is 3.20. The van der Waals surface area contributed by atoms with E-state index in [1.54, 1.807) is 6.07 Å². The first-order valence-corrected chi connectivity index (χ1v) is 4.59. The van der Waals surface area contributed by atoms with Crippen LogP contribution >= 0.6 is 11.6 Å². The molecule has 0 aliphatic rings. The minimum atomic E-state index is -1.05. The SMILES string of the molecule is CC(C)(C)c1cc(Cl)c(C(=O)O)cn1. The molecule has 0 aromatic carbocycles. The summed E-state index contributed by atoms with van der Waals surface area (Å²) < 4.78 is 0. The molecule has 3 nitrogen and oxygen atoms in total. The topological polar surface area (TPSA) is 50.2 Å². The Hall–Kier alpha value is -1.09. The Labute approximate surface area is 87.7 Å². The van der Waals surface area contributed by atoms with Crippen molar-refractivity contribution >= 4 is 17.6 Å². The third kappa shape index (κ3) is 2.23. The van der Waals surface area contributed by atoms with Gasteiger partial charge in [-0.2, -0.15) is 0 Å². The van der Waals surface area contributed by atoms with E-state index in [1.807, 2.05) is 20.8 Å². The predicted octanol–water partition coefficient (Wildman–Crippen LogP) is 2.73. The van der Waals surface area contributed by atoms with Gasteiger partial charge in [0.2, 0.25) is 0 Å². The van der Waals surface area contributed by atoms with Gasteiger partial charge in [-0.1, -0.05) is 32.4 Å². The zero-order chi connectivity index (χ0) is 10.9. The lowest BCUT2D eigenvalue weighted by atomic mass is 9.91. The highest BCUT2D eigenvalue weighted by Gasteiger charge is 2.18. The number of aromatic nitrogens is 1. The van der Waals surface area contributed by atoms with E-state index < -0.39 is 5.97 Å². The molecule has 1 aromatic rings. The number of nitrogens with zero attached hydrogens (tertiary/aromatic N) is 1. The van der Waals surface area contributed by atoms with Crippen molar-refractivity contribution in [2.24, 2.45) is 0 Å². The molecule has 0 fully saturated rings. The molecular formula is C10H12ClNO2. The molecule has 1 heterocycles. The van der Waals surface area contributed by atoms with Gasteiger partial charge in [-0.25, -0.2) is 4.79 Å². The summed E-state index contributed by atoms with van der Waals surface area (Å²) in [5.74, 6) is -1.05. The number of pyridine rings is 1. The van der Waals surface area contributed by atoms with Gasteiger partial charge in [0.25, 0.3) is 0 Å². The Kier molecular flexibility index (Phi) is 2.81. The van der Waals surface area contributed by atoms with Crippen molar-refractivity contribution in [2.75, 3.05) is 0 Å². The summed E-state index contributed by atoms with van der Waals surface area (Å²) in [6.07, 6.45) is 1.30. The van der Waals surface area contributed by atoms with Crippen molar-refractivity contribution < 1.29 is 9.90 Å². The second-order valence-corrected chi connectivity index (χ2v) is 4.51. The Bertz CT molecular complexity index is 369. The molecule has 1 N–H and O–H groups in total. The van der Waals surface area contributed by atoms with E-state index in [9.17, 15) is 4.79 Å². The molecule has 1 aromatic heterocycles. The highest BCUT2D eigenvalue weighted by atomic mass is 35.5. The minimum absolute atomic E-state index is 0.0414. The number of halogens is 1. The lowest BCUT2D eigenvalue weighted by Crippen LogP contribution is -2.14. The maximum atomic E-state index is 10.7. The average Bonchev–Trinajstić information content (AvgIpc) is 2.01. The van der Waals surface area contributed by atoms with Gasteiger partial charge in [0.05, 0.1) is 10.6 Å². The summed E-state index contributed by atoms with van der Waals surface area (Å²) in [6, 6.07) is 1.60. The van der Waals surface area contributed by atoms with Crippen LogP contribution in [-0.2, 0) is 5.41 Å². The van der Waals surface area contributed by atoms with E-state index in [2.05, 4.69) is 4.98 Å². The molecule has 4 heteroatoms. The lowest BCUT2D eigenvalue weighted by molar-refractivity contribution is 0.0696. The first-order chi connectivity index (χ1) is 6.32. The van der Waals surface area contributed by atoms with E-state index in [-0.39, 0.29) is 16.0 Å². The fourth-order valence-corrected chi connectivity index (χ4v) is 1.23. The van der Waals surface area contributed by atoms with Crippen molar-refractivity contribution in [1.82, 2.24) is 4.98 Å². The van der Waals surface area contributed by atoms with Crippen LogP contribution in [0.1, 0.15) is 36.8 Å². The third-order valence-corrected chi connectivity index (χ3v) is 2.17. The van der Waals surface area contributed by atoms with E-state index in [0.29, 0.717) is 0 Å². The van der Waals surface area contributed by atoms with Gasteiger partial charge < -0.3 is 5.11 Å². The Morgan fingerprint density at radius 1 is 1.50 bits per heavy atom. The number of aromatic carboxylic acids is 1. The van der Waals surface area contributed by atoms with Crippen molar-refractivity contribution in [3.05, 3.63) is 28.5 Å². The standard InChI is InChI=1S/C10H12ClNO2/c1-10(2,3)8-4-7(11)6(5-12-8)9(13)14/h4-5H,1-3H3,(H,13,14). The maximum Gasteiger partial charge on any atom is 0.338 e. The van der Waals surface area contributed by atoms with Crippen LogP contribution in [0, 0.1) is 0 Å². The molecule has 0 atom stereocenters.